The Bertz CT molecular complexity index is 1230. The molecule has 0 N–H and O–H groups in total. The summed E-state index contributed by atoms with van der Waals surface area (Å²) in [6, 6.07) is 22.8. The third-order valence-electron chi connectivity index (χ3n) is 5.38. The van der Waals surface area contributed by atoms with Crippen LogP contribution in [0.1, 0.15) is 29.2 Å². The molecule has 0 unspecified atom stereocenters. The topological polar surface area (TPSA) is 28.5 Å². The fourth-order valence-electron chi connectivity index (χ4n) is 3.67. The molecule has 1 atom stereocenters. The van der Waals surface area contributed by atoms with E-state index in [0.717, 1.165) is 39.6 Å². The van der Waals surface area contributed by atoms with Crippen molar-refractivity contribution in [2.75, 3.05) is 5.01 Å². The summed E-state index contributed by atoms with van der Waals surface area (Å²) in [6.45, 7) is 2.08. The molecule has 154 valence electrons. The van der Waals surface area contributed by atoms with Crippen LogP contribution in [0, 0.1) is 12.7 Å². The molecule has 4 aromatic rings. The Kier molecular flexibility index (Phi) is 5.30. The molecule has 1 aliphatic heterocycles. The lowest BCUT2D eigenvalue weighted by molar-refractivity contribution is 0.628. The molecule has 2 heterocycles. The summed E-state index contributed by atoms with van der Waals surface area (Å²) < 4.78 is 13.3. The van der Waals surface area contributed by atoms with E-state index in [9.17, 15) is 4.39 Å². The number of hydrogen-bond donors (Lipinski definition) is 0. The van der Waals surface area contributed by atoms with Crippen LogP contribution in [-0.2, 0) is 0 Å². The summed E-state index contributed by atoms with van der Waals surface area (Å²) in [5.41, 5.74) is 6.19. The Morgan fingerprint density at radius 1 is 0.935 bits per heavy atom. The molecule has 0 radical (unpaired) electrons. The molecule has 0 aliphatic carbocycles. The number of thiazole rings is 1. The molecule has 3 aromatic carbocycles. The van der Waals surface area contributed by atoms with Gasteiger partial charge in [0.25, 0.3) is 0 Å². The molecule has 0 saturated carbocycles. The van der Waals surface area contributed by atoms with Crippen molar-refractivity contribution in [1.82, 2.24) is 4.98 Å². The van der Waals surface area contributed by atoms with Crippen molar-refractivity contribution in [3.63, 3.8) is 0 Å². The van der Waals surface area contributed by atoms with E-state index in [1.165, 1.54) is 29.0 Å². The maximum atomic E-state index is 13.3. The van der Waals surface area contributed by atoms with E-state index in [4.69, 9.17) is 21.7 Å². The van der Waals surface area contributed by atoms with E-state index in [-0.39, 0.29) is 11.9 Å². The first-order valence-electron chi connectivity index (χ1n) is 9.97. The van der Waals surface area contributed by atoms with Crippen molar-refractivity contribution in [2.24, 2.45) is 5.10 Å². The summed E-state index contributed by atoms with van der Waals surface area (Å²) in [6.07, 6.45) is 0.774. The third kappa shape index (κ3) is 4.11. The van der Waals surface area contributed by atoms with Gasteiger partial charge in [0.05, 0.1) is 17.4 Å². The third-order valence-corrected chi connectivity index (χ3v) is 6.46. The highest BCUT2D eigenvalue weighted by Gasteiger charge is 2.31. The van der Waals surface area contributed by atoms with Crippen molar-refractivity contribution in [1.29, 1.82) is 0 Å². The van der Waals surface area contributed by atoms with Gasteiger partial charge in [0.1, 0.15) is 5.82 Å². The molecular weight excluding hydrogens is 429 g/mol. The maximum Gasteiger partial charge on any atom is 0.207 e. The number of hydrazone groups is 1. The Balaban J connectivity index is 1.52. The lowest BCUT2D eigenvalue weighted by Crippen LogP contribution is -2.18. The van der Waals surface area contributed by atoms with Crippen LogP contribution >= 0.6 is 22.9 Å². The molecule has 0 amide bonds. The molecule has 0 bridgehead atoms. The molecular formula is C25H19ClFN3S. The van der Waals surface area contributed by atoms with E-state index >= 15 is 0 Å². The highest BCUT2D eigenvalue weighted by molar-refractivity contribution is 7.14. The molecule has 0 spiro atoms. The minimum atomic E-state index is -0.256. The quantitative estimate of drug-likeness (QED) is 0.329. The van der Waals surface area contributed by atoms with Gasteiger partial charge in [-0.3, -0.25) is 0 Å². The van der Waals surface area contributed by atoms with Gasteiger partial charge in [-0.15, -0.1) is 11.3 Å². The van der Waals surface area contributed by atoms with E-state index < -0.39 is 0 Å². The molecule has 3 nitrogen and oxygen atoms in total. The predicted molar refractivity (Wildman–Crippen MR) is 127 cm³/mol. The minimum absolute atomic E-state index is 0.0285. The van der Waals surface area contributed by atoms with Crippen molar-refractivity contribution in [3.05, 3.63) is 106 Å². The number of aromatic nitrogens is 1. The second-order valence-corrected chi connectivity index (χ2v) is 8.82. The Morgan fingerprint density at radius 3 is 2.32 bits per heavy atom. The first kappa shape index (κ1) is 19.9. The molecule has 5 rings (SSSR count). The van der Waals surface area contributed by atoms with Crippen molar-refractivity contribution < 1.29 is 4.39 Å². The van der Waals surface area contributed by atoms with Gasteiger partial charge in [-0.05, 0) is 54.4 Å². The second kappa shape index (κ2) is 8.25. The molecule has 0 fully saturated rings. The van der Waals surface area contributed by atoms with Crippen molar-refractivity contribution in [3.8, 4) is 11.3 Å². The molecule has 0 saturated heterocycles. The zero-order valence-electron chi connectivity index (χ0n) is 16.8. The first-order valence-corrected chi connectivity index (χ1v) is 11.2. The molecule has 1 aromatic heterocycles. The average molecular weight is 448 g/mol. The van der Waals surface area contributed by atoms with Crippen molar-refractivity contribution >= 4 is 33.8 Å². The number of benzene rings is 3. The van der Waals surface area contributed by atoms with Crippen LogP contribution in [0.5, 0.6) is 0 Å². The number of rotatable bonds is 4. The monoisotopic (exact) mass is 447 g/mol. The summed E-state index contributed by atoms with van der Waals surface area (Å²) in [4.78, 5) is 4.82. The summed E-state index contributed by atoms with van der Waals surface area (Å²) in [7, 11) is 0. The Hall–Kier alpha value is -3.02. The average Bonchev–Trinajstić information content (AvgIpc) is 3.43. The van der Waals surface area contributed by atoms with Gasteiger partial charge in [0.15, 0.2) is 0 Å². The van der Waals surface area contributed by atoms with Crippen LogP contribution in [0.2, 0.25) is 5.02 Å². The van der Waals surface area contributed by atoms with E-state index in [0.29, 0.717) is 5.02 Å². The van der Waals surface area contributed by atoms with Crippen LogP contribution in [0.3, 0.4) is 0 Å². The molecule has 1 aliphatic rings. The summed E-state index contributed by atoms with van der Waals surface area (Å²) in [5.74, 6) is -0.256. The zero-order valence-corrected chi connectivity index (χ0v) is 18.4. The maximum absolute atomic E-state index is 13.3. The minimum Gasteiger partial charge on any atom is -0.231 e. The van der Waals surface area contributed by atoms with E-state index in [1.54, 1.807) is 12.1 Å². The first-order chi connectivity index (χ1) is 15.1. The van der Waals surface area contributed by atoms with Crippen LogP contribution in [0.25, 0.3) is 11.3 Å². The van der Waals surface area contributed by atoms with Crippen LogP contribution in [-0.4, -0.2) is 10.7 Å². The van der Waals surface area contributed by atoms with Crippen LogP contribution in [0.15, 0.2) is 83.3 Å². The number of anilines is 1. The van der Waals surface area contributed by atoms with Crippen molar-refractivity contribution in [2.45, 2.75) is 19.4 Å². The fraction of sp³-hybridized carbons (Fsp3) is 0.120. The summed E-state index contributed by atoms with van der Waals surface area (Å²) >= 11 is 7.65. The highest BCUT2D eigenvalue weighted by Crippen LogP contribution is 2.39. The van der Waals surface area contributed by atoms with Gasteiger partial charge in [-0.25, -0.2) is 14.4 Å². The zero-order chi connectivity index (χ0) is 21.4. The van der Waals surface area contributed by atoms with Gasteiger partial charge in [0, 0.05) is 22.4 Å². The number of hydrogen-bond acceptors (Lipinski definition) is 4. The lowest BCUT2D eigenvalue weighted by atomic mass is 9.98. The largest absolute Gasteiger partial charge is 0.231 e. The lowest BCUT2D eigenvalue weighted by Gasteiger charge is -2.21. The smallest absolute Gasteiger partial charge is 0.207 e. The van der Waals surface area contributed by atoms with Gasteiger partial charge < -0.3 is 0 Å². The van der Waals surface area contributed by atoms with Gasteiger partial charge in [-0.2, -0.15) is 5.10 Å². The number of aryl methyl sites for hydroxylation is 1. The highest BCUT2D eigenvalue weighted by atomic mass is 35.5. The van der Waals surface area contributed by atoms with Gasteiger partial charge >= 0.3 is 0 Å². The van der Waals surface area contributed by atoms with Gasteiger partial charge in [-0.1, -0.05) is 53.6 Å². The van der Waals surface area contributed by atoms with Crippen LogP contribution in [0.4, 0.5) is 9.52 Å². The fourth-order valence-corrected chi connectivity index (χ4v) is 4.63. The SMILES string of the molecule is Cc1ccc(C2=NN(c3nc(-c4ccc(F)cc4)cs3)[C@@H](c3ccc(Cl)cc3)C2)cc1. The molecule has 31 heavy (non-hydrogen) atoms. The second-order valence-electron chi connectivity index (χ2n) is 7.55. The number of nitrogens with zero attached hydrogens (tertiary/aromatic N) is 3. The Morgan fingerprint density at radius 2 is 1.61 bits per heavy atom. The standard InChI is InChI=1S/C25H19ClFN3S/c1-16-2-4-17(5-3-16)22-14-24(19-6-10-20(26)11-7-19)30(29-22)25-28-23(15-31-25)18-8-12-21(27)13-9-18/h2-13,15,24H,14H2,1H3/t24-/m1/s1. The normalized spacial score (nSPS) is 15.9. The van der Waals surface area contributed by atoms with E-state index in [2.05, 4.69) is 31.2 Å². The van der Waals surface area contributed by atoms with E-state index in [1.807, 2.05) is 34.7 Å². The van der Waals surface area contributed by atoms with Gasteiger partial charge in [0.2, 0.25) is 5.13 Å². The Labute approximate surface area is 189 Å². The predicted octanol–water partition coefficient (Wildman–Crippen LogP) is 7.27. The number of halogens is 2. The summed E-state index contributed by atoms with van der Waals surface area (Å²) in [5, 5.41) is 10.5. The molecule has 6 heteroatoms. The van der Waals surface area contributed by atoms with Crippen LogP contribution < -0.4 is 5.01 Å².